The van der Waals surface area contributed by atoms with Gasteiger partial charge in [0.2, 0.25) is 5.43 Å². The maximum Gasteiger partial charge on any atom is 0.200 e. The molecule has 26 heavy (non-hydrogen) atoms. The van der Waals surface area contributed by atoms with Gasteiger partial charge in [-0.25, -0.2) is 0 Å². The molecule has 1 aliphatic rings. The minimum Gasteiger partial charge on any atom is -0.872 e. The Bertz CT molecular complexity index is 978. The maximum atomic E-state index is 13.0. The smallest absolute Gasteiger partial charge is 0.200 e. The monoisotopic (exact) mass is 349 g/mol. The van der Waals surface area contributed by atoms with E-state index in [0.717, 1.165) is 18.7 Å². The molecule has 2 aromatic carbocycles. The molecule has 0 saturated carbocycles. The van der Waals surface area contributed by atoms with E-state index in [2.05, 4.69) is 6.92 Å². The average molecular weight is 349 g/mol. The number of nitrogens with one attached hydrogen (secondary N) is 1. The second kappa shape index (κ2) is 6.96. The fraction of sp³-hybridized carbons (Fsp3) is 0.318. The van der Waals surface area contributed by atoms with Crippen LogP contribution in [0.15, 0.2) is 57.9 Å². The zero-order valence-corrected chi connectivity index (χ0v) is 15.0. The molecule has 0 spiro atoms. The minimum atomic E-state index is -0.0827. The van der Waals surface area contributed by atoms with Crippen molar-refractivity contribution >= 4 is 11.0 Å². The molecule has 3 aromatic rings. The van der Waals surface area contributed by atoms with Crippen LogP contribution < -0.4 is 15.4 Å². The van der Waals surface area contributed by atoms with Crippen LogP contribution >= 0.6 is 0 Å². The molecule has 4 heteroatoms. The quantitative estimate of drug-likeness (QED) is 0.790. The molecule has 1 fully saturated rings. The lowest BCUT2D eigenvalue weighted by Gasteiger charge is -2.29. The average Bonchev–Trinajstić information content (AvgIpc) is 2.65. The second-order valence-electron chi connectivity index (χ2n) is 7.39. The van der Waals surface area contributed by atoms with Gasteiger partial charge < -0.3 is 14.4 Å². The molecule has 1 aliphatic heterocycles. The number of hydrogen-bond donors (Lipinski definition) is 1. The Morgan fingerprint density at radius 1 is 1.19 bits per heavy atom. The van der Waals surface area contributed by atoms with Gasteiger partial charge in [0.05, 0.1) is 24.0 Å². The summed E-state index contributed by atoms with van der Waals surface area (Å²) in [4.78, 5) is 14.4. The molecule has 0 aliphatic carbocycles. The van der Waals surface area contributed by atoms with E-state index in [1.165, 1.54) is 30.1 Å². The van der Waals surface area contributed by atoms with Gasteiger partial charge in [0.25, 0.3) is 0 Å². The zero-order valence-electron chi connectivity index (χ0n) is 15.0. The van der Waals surface area contributed by atoms with Crippen LogP contribution in [-0.2, 0) is 6.54 Å². The zero-order chi connectivity index (χ0) is 18.1. The maximum absolute atomic E-state index is 13.0. The summed E-state index contributed by atoms with van der Waals surface area (Å²) in [5.41, 5.74) is 2.35. The Hall–Kier alpha value is -2.59. The summed E-state index contributed by atoms with van der Waals surface area (Å²) in [7, 11) is 0. The number of likely N-dealkylation sites (tertiary alicyclic amines) is 1. The van der Waals surface area contributed by atoms with Crippen molar-refractivity contribution in [3.63, 3.8) is 0 Å². The molecule has 4 rings (SSSR count). The van der Waals surface area contributed by atoms with E-state index in [1.807, 2.05) is 30.3 Å². The lowest BCUT2D eigenvalue weighted by atomic mass is 9.99. The first-order valence-electron chi connectivity index (χ1n) is 9.27. The molecule has 134 valence electrons. The van der Waals surface area contributed by atoms with E-state index in [0.29, 0.717) is 34.6 Å². The highest BCUT2D eigenvalue weighted by Gasteiger charge is 2.22. The Morgan fingerprint density at radius 2 is 2.00 bits per heavy atom. The summed E-state index contributed by atoms with van der Waals surface area (Å²) in [5.74, 6) is 0.624. The predicted molar refractivity (Wildman–Crippen MR) is 100 cm³/mol. The van der Waals surface area contributed by atoms with E-state index in [9.17, 15) is 9.90 Å². The Morgan fingerprint density at radius 3 is 2.77 bits per heavy atom. The third-order valence-electron chi connectivity index (χ3n) is 5.38. The van der Waals surface area contributed by atoms with Crippen LogP contribution in [0.5, 0.6) is 5.75 Å². The van der Waals surface area contributed by atoms with Crippen molar-refractivity contribution in [2.24, 2.45) is 5.92 Å². The third kappa shape index (κ3) is 3.13. The number of quaternary nitrogens is 1. The van der Waals surface area contributed by atoms with Gasteiger partial charge in [-0.15, -0.1) is 0 Å². The molecule has 2 heterocycles. The standard InChI is InChI=1S/C22H23NO3/c1-15-6-5-11-23(12-15)13-18-20(24)10-9-17-21(25)19(14-26-22(17)18)16-7-3-2-4-8-16/h2-4,7-10,14-15,24H,5-6,11-13H2,1H3. The number of piperidine rings is 1. The first kappa shape index (κ1) is 16.9. The summed E-state index contributed by atoms with van der Waals surface area (Å²) < 4.78 is 5.85. The second-order valence-corrected chi connectivity index (χ2v) is 7.39. The van der Waals surface area contributed by atoms with E-state index in [4.69, 9.17) is 4.42 Å². The van der Waals surface area contributed by atoms with Crippen LogP contribution in [0.3, 0.4) is 0 Å². The van der Waals surface area contributed by atoms with E-state index in [-0.39, 0.29) is 11.2 Å². The predicted octanol–water partition coefficient (Wildman–Crippen LogP) is 2.35. The van der Waals surface area contributed by atoms with E-state index >= 15 is 0 Å². The van der Waals surface area contributed by atoms with Crippen molar-refractivity contribution in [1.29, 1.82) is 0 Å². The first-order chi connectivity index (χ1) is 12.6. The summed E-state index contributed by atoms with van der Waals surface area (Å²) in [5, 5.41) is 13.0. The molecule has 0 bridgehead atoms. The van der Waals surface area contributed by atoms with Crippen LogP contribution in [0.4, 0.5) is 0 Å². The molecule has 2 unspecified atom stereocenters. The van der Waals surface area contributed by atoms with Crippen molar-refractivity contribution in [3.8, 4) is 16.9 Å². The topological polar surface area (TPSA) is 57.7 Å². The van der Waals surface area contributed by atoms with Gasteiger partial charge >= 0.3 is 0 Å². The number of benzene rings is 2. The molecule has 1 N–H and O–H groups in total. The van der Waals surface area contributed by atoms with Crippen molar-refractivity contribution in [2.75, 3.05) is 13.1 Å². The van der Waals surface area contributed by atoms with Crippen LogP contribution in [0.1, 0.15) is 25.3 Å². The van der Waals surface area contributed by atoms with Crippen LogP contribution in [0.25, 0.3) is 22.1 Å². The highest BCUT2D eigenvalue weighted by Crippen LogP contribution is 2.26. The van der Waals surface area contributed by atoms with Crippen molar-refractivity contribution < 1.29 is 14.4 Å². The van der Waals surface area contributed by atoms with Crippen molar-refractivity contribution in [2.45, 2.75) is 26.3 Å². The van der Waals surface area contributed by atoms with Gasteiger partial charge in [-0.1, -0.05) is 49.1 Å². The summed E-state index contributed by atoms with van der Waals surface area (Å²) in [6.45, 7) is 5.00. The molecular weight excluding hydrogens is 326 g/mol. The fourth-order valence-corrected chi connectivity index (χ4v) is 4.03. The molecule has 0 radical (unpaired) electrons. The minimum absolute atomic E-state index is 0.0427. The summed E-state index contributed by atoms with van der Waals surface area (Å²) in [6.07, 6.45) is 3.92. The van der Waals surface area contributed by atoms with Gasteiger partial charge in [0.1, 0.15) is 18.4 Å². The first-order valence-corrected chi connectivity index (χ1v) is 9.27. The number of fused-ring (bicyclic) bond motifs is 1. The van der Waals surface area contributed by atoms with Crippen LogP contribution in [0, 0.1) is 5.92 Å². The molecule has 0 amide bonds. The Kier molecular flexibility index (Phi) is 4.51. The largest absolute Gasteiger partial charge is 0.872 e. The lowest BCUT2D eigenvalue weighted by molar-refractivity contribution is -0.922. The fourth-order valence-electron chi connectivity index (χ4n) is 4.03. The molecule has 1 aromatic heterocycles. The number of rotatable bonds is 3. The summed E-state index contributed by atoms with van der Waals surface area (Å²) >= 11 is 0. The van der Waals surface area contributed by atoms with Gasteiger partial charge in [0.15, 0.2) is 0 Å². The van der Waals surface area contributed by atoms with Crippen LogP contribution in [0.2, 0.25) is 0 Å². The van der Waals surface area contributed by atoms with E-state index < -0.39 is 0 Å². The molecule has 2 atom stereocenters. The van der Waals surface area contributed by atoms with Crippen molar-refractivity contribution in [1.82, 2.24) is 0 Å². The molecule has 1 saturated heterocycles. The van der Waals surface area contributed by atoms with Crippen molar-refractivity contribution in [3.05, 3.63) is 64.5 Å². The third-order valence-corrected chi connectivity index (χ3v) is 5.38. The van der Waals surface area contributed by atoms with Gasteiger partial charge in [-0.2, -0.15) is 0 Å². The Balaban J connectivity index is 1.78. The normalized spacial score (nSPS) is 20.3. The van der Waals surface area contributed by atoms with Gasteiger partial charge in [0, 0.05) is 11.5 Å². The lowest BCUT2D eigenvalue weighted by Crippen LogP contribution is -3.12. The van der Waals surface area contributed by atoms with Gasteiger partial charge in [-0.3, -0.25) is 4.79 Å². The Labute approximate surface area is 152 Å². The molecule has 4 nitrogen and oxygen atoms in total. The number of hydrogen-bond acceptors (Lipinski definition) is 3. The van der Waals surface area contributed by atoms with Crippen LogP contribution in [-0.4, -0.2) is 13.1 Å². The van der Waals surface area contributed by atoms with Gasteiger partial charge in [-0.05, 0) is 24.5 Å². The highest BCUT2D eigenvalue weighted by atomic mass is 16.3. The highest BCUT2D eigenvalue weighted by molar-refractivity contribution is 5.85. The summed E-state index contributed by atoms with van der Waals surface area (Å²) in [6, 6.07) is 12.6. The SMILES string of the molecule is CC1CCC[NH+](Cc2c([O-])ccc3c(=O)c(-c4ccccc4)coc23)C1. The van der Waals surface area contributed by atoms with E-state index in [1.54, 1.807) is 6.07 Å². The molecular formula is C22H23NO3.